The van der Waals surface area contributed by atoms with Crippen molar-refractivity contribution in [3.63, 3.8) is 0 Å². The summed E-state index contributed by atoms with van der Waals surface area (Å²) in [7, 11) is 0. The highest BCUT2D eigenvalue weighted by atomic mass is 35.5. The molecule has 0 bridgehead atoms. The number of benzene rings is 2. The van der Waals surface area contributed by atoms with Crippen LogP contribution in [0.4, 0.5) is 0 Å². The molecule has 0 heterocycles. The fraction of sp³-hybridized carbons (Fsp3) is 0.143. The van der Waals surface area contributed by atoms with Gasteiger partial charge in [0.05, 0.1) is 6.61 Å². The van der Waals surface area contributed by atoms with Gasteiger partial charge in [0.15, 0.2) is 5.71 Å². The molecule has 3 N–H and O–H groups in total. The van der Waals surface area contributed by atoms with Crippen LogP contribution in [-0.4, -0.2) is 30.0 Å². The maximum atomic E-state index is 10.4. The summed E-state index contributed by atoms with van der Waals surface area (Å²) in [6.07, 6.45) is 7.49. The van der Waals surface area contributed by atoms with E-state index in [0.29, 0.717) is 6.61 Å². The van der Waals surface area contributed by atoms with Crippen LogP contribution < -0.4 is 5.90 Å². The first kappa shape index (κ1) is 25.1. The van der Waals surface area contributed by atoms with Gasteiger partial charge in [0, 0.05) is 0 Å². The van der Waals surface area contributed by atoms with E-state index in [-0.39, 0.29) is 24.7 Å². The quantitative estimate of drug-likeness (QED) is 0.391. The summed E-state index contributed by atoms with van der Waals surface area (Å²) in [5.41, 5.74) is 2.16. The zero-order valence-corrected chi connectivity index (χ0v) is 16.4. The van der Waals surface area contributed by atoms with Gasteiger partial charge in [-0.1, -0.05) is 84.0 Å². The van der Waals surface area contributed by atoms with Crippen LogP contribution in [0.1, 0.15) is 18.1 Å². The van der Waals surface area contributed by atoms with Gasteiger partial charge in [0.1, 0.15) is 6.61 Å². The summed E-state index contributed by atoms with van der Waals surface area (Å²) < 4.78 is 0. The second-order valence-corrected chi connectivity index (χ2v) is 5.24. The number of carbonyl (C=O) groups is 1. The van der Waals surface area contributed by atoms with E-state index in [4.69, 9.17) is 15.8 Å². The molecule has 0 aliphatic rings. The van der Waals surface area contributed by atoms with Crippen LogP contribution in [0.3, 0.4) is 0 Å². The summed E-state index contributed by atoms with van der Waals surface area (Å²) in [5, 5.41) is 11.9. The lowest BCUT2D eigenvalue weighted by molar-refractivity contribution is -0.129. The lowest BCUT2D eigenvalue weighted by Gasteiger charge is -1.95. The van der Waals surface area contributed by atoms with Crippen molar-refractivity contribution in [2.75, 3.05) is 13.2 Å². The molecule has 0 aliphatic heterocycles. The van der Waals surface area contributed by atoms with Crippen molar-refractivity contribution in [3.05, 3.63) is 83.9 Å². The summed E-state index contributed by atoms with van der Waals surface area (Å²) >= 11 is 0. The molecule has 0 spiro atoms. The number of carboxylic acid groups (broad SMARTS) is 1. The molecule has 150 valence electrons. The normalized spacial score (nSPS) is 10.9. The van der Waals surface area contributed by atoms with Crippen molar-refractivity contribution in [3.8, 4) is 0 Å². The van der Waals surface area contributed by atoms with Gasteiger partial charge in [-0.2, -0.15) is 0 Å². The number of nitrogens with zero attached hydrogens (tertiary/aromatic N) is 1. The zero-order chi connectivity index (χ0) is 19.7. The van der Waals surface area contributed by atoms with Gasteiger partial charge >= 0.3 is 5.97 Å². The number of carboxylic acids is 1. The minimum atomic E-state index is -1.08. The molecule has 28 heavy (non-hydrogen) atoms. The molecule has 0 amide bonds. The molecule has 2 aromatic rings. The molecule has 2 aromatic carbocycles. The molecule has 0 fully saturated rings. The van der Waals surface area contributed by atoms with Crippen molar-refractivity contribution in [2.24, 2.45) is 11.1 Å². The van der Waals surface area contributed by atoms with E-state index >= 15 is 0 Å². The average molecular weight is 405 g/mol. The Morgan fingerprint density at radius 1 is 0.964 bits per heavy atom. The SMILES string of the molecule is CC(=NOCC=Cc1ccccc1)C(=O)O.Cl.NOCC=Cc1ccccc1. The molecular weight excluding hydrogens is 380 g/mol. The maximum absolute atomic E-state index is 10.4. The molecule has 0 radical (unpaired) electrons. The third-order valence-corrected chi connectivity index (χ3v) is 3.09. The van der Waals surface area contributed by atoms with Gasteiger partial charge in [-0.15, -0.1) is 12.4 Å². The number of rotatable bonds is 8. The smallest absolute Gasteiger partial charge is 0.353 e. The Balaban J connectivity index is 0.000000535. The first-order chi connectivity index (χ1) is 13.1. The monoisotopic (exact) mass is 404 g/mol. The first-order valence-electron chi connectivity index (χ1n) is 8.28. The molecule has 0 atom stereocenters. The summed E-state index contributed by atoms with van der Waals surface area (Å²) in [6.45, 7) is 2.08. The minimum absolute atomic E-state index is 0. The van der Waals surface area contributed by atoms with Crippen LogP contribution in [-0.2, 0) is 14.5 Å². The number of nitrogens with two attached hydrogens (primary N) is 1. The maximum Gasteiger partial charge on any atom is 0.353 e. The van der Waals surface area contributed by atoms with Crippen LogP contribution in [0.25, 0.3) is 12.2 Å². The van der Waals surface area contributed by atoms with Crippen molar-refractivity contribution in [1.29, 1.82) is 0 Å². The number of aliphatic carboxylic acids is 1. The zero-order valence-electron chi connectivity index (χ0n) is 15.6. The molecule has 0 saturated carbocycles. The van der Waals surface area contributed by atoms with Crippen molar-refractivity contribution >= 4 is 36.2 Å². The minimum Gasteiger partial charge on any atom is -0.477 e. The van der Waals surface area contributed by atoms with Gasteiger partial charge < -0.3 is 14.8 Å². The van der Waals surface area contributed by atoms with E-state index in [9.17, 15) is 4.79 Å². The second kappa shape index (κ2) is 16.3. The highest BCUT2D eigenvalue weighted by Gasteiger charge is 2.00. The van der Waals surface area contributed by atoms with E-state index in [0.717, 1.165) is 11.1 Å². The van der Waals surface area contributed by atoms with E-state index < -0.39 is 5.97 Å². The van der Waals surface area contributed by atoms with Gasteiger partial charge in [0.25, 0.3) is 0 Å². The Hall–Kier alpha value is -2.93. The van der Waals surface area contributed by atoms with Crippen LogP contribution >= 0.6 is 12.4 Å². The third kappa shape index (κ3) is 12.4. The molecule has 0 aromatic heterocycles. The first-order valence-corrected chi connectivity index (χ1v) is 8.28. The molecule has 0 aliphatic carbocycles. The van der Waals surface area contributed by atoms with Gasteiger partial charge in [-0.05, 0) is 24.1 Å². The number of oxime groups is 1. The Bertz CT molecular complexity index is 748. The van der Waals surface area contributed by atoms with Gasteiger partial charge in [-0.25, -0.2) is 10.7 Å². The molecule has 0 saturated heterocycles. The second-order valence-electron chi connectivity index (χ2n) is 5.24. The van der Waals surface area contributed by atoms with E-state index in [1.807, 2.05) is 78.9 Å². The van der Waals surface area contributed by atoms with Crippen LogP contribution in [0.5, 0.6) is 0 Å². The highest BCUT2D eigenvalue weighted by molar-refractivity contribution is 6.34. The van der Waals surface area contributed by atoms with Gasteiger partial charge in [0.2, 0.25) is 0 Å². The standard InChI is InChI=1S/C12H13NO3.C9H11NO.ClH/c1-10(12(14)15)13-16-9-5-8-11-6-3-2-4-7-11;10-11-8-4-7-9-5-2-1-3-6-9;/h2-8H,9H2,1H3,(H,14,15);1-7H,8,10H2;1H. The Labute approximate surface area is 171 Å². The van der Waals surface area contributed by atoms with Crippen LogP contribution in [0.2, 0.25) is 0 Å². The molecule has 6 nitrogen and oxygen atoms in total. The van der Waals surface area contributed by atoms with E-state index in [1.54, 1.807) is 6.08 Å². The summed E-state index contributed by atoms with van der Waals surface area (Å²) in [6, 6.07) is 19.7. The van der Waals surface area contributed by atoms with Gasteiger partial charge in [-0.3, -0.25) is 0 Å². The van der Waals surface area contributed by atoms with Crippen LogP contribution in [0.15, 0.2) is 78.0 Å². The lowest BCUT2D eigenvalue weighted by Crippen LogP contribution is -2.08. The largest absolute Gasteiger partial charge is 0.477 e. The van der Waals surface area contributed by atoms with E-state index in [2.05, 4.69) is 9.99 Å². The Kier molecular flexibility index (Phi) is 14.6. The summed E-state index contributed by atoms with van der Waals surface area (Å²) in [5.74, 6) is 3.76. The topological polar surface area (TPSA) is 94.1 Å². The van der Waals surface area contributed by atoms with Crippen molar-refractivity contribution < 1.29 is 19.6 Å². The third-order valence-electron chi connectivity index (χ3n) is 3.09. The predicted molar refractivity (Wildman–Crippen MR) is 115 cm³/mol. The average Bonchev–Trinajstić information content (AvgIpc) is 2.70. The molecule has 2 rings (SSSR count). The molecule has 7 heteroatoms. The fourth-order valence-electron chi connectivity index (χ4n) is 1.77. The summed E-state index contributed by atoms with van der Waals surface area (Å²) in [4.78, 5) is 19.5. The van der Waals surface area contributed by atoms with Crippen molar-refractivity contribution in [1.82, 2.24) is 0 Å². The van der Waals surface area contributed by atoms with Crippen LogP contribution in [0, 0.1) is 0 Å². The Morgan fingerprint density at radius 2 is 1.43 bits per heavy atom. The molecular formula is C21H25ClN2O4. The number of hydrogen-bond acceptors (Lipinski definition) is 5. The number of hydrogen-bond donors (Lipinski definition) is 2. The number of halogens is 1. The highest BCUT2D eigenvalue weighted by Crippen LogP contribution is 2.01. The van der Waals surface area contributed by atoms with E-state index in [1.165, 1.54) is 6.92 Å². The Morgan fingerprint density at radius 3 is 1.86 bits per heavy atom. The molecule has 0 unspecified atom stereocenters. The fourth-order valence-corrected chi connectivity index (χ4v) is 1.77. The van der Waals surface area contributed by atoms with Crippen molar-refractivity contribution in [2.45, 2.75) is 6.92 Å². The lowest BCUT2D eigenvalue weighted by atomic mass is 10.2. The predicted octanol–water partition coefficient (Wildman–Crippen LogP) is 4.19.